The van der Waals surface area contributed by atoms with Crippen LogP contribution in [0.25, 0.3) is 0 Å². The molecule has 0 spiro atoms. The van der Waals surface area contributed by atoms with Gasteiger partial charge in [-0.05, 0) is 12.8 Å². The summed E-state index contributed by atoms with van der Waals surface area (Å²) in [5.41, 5.74) is 0. The van der Waals surface area contributed by atoms with Gasteiger partial charge in [-0.3, -0.25) is 4.79 Å². The molecule has 1 saturated carbocycles. The molecule has 1 nitrogen and oxygen atoms in total. The number of rotatable bonds is 3. The molecule has 88 valence electrons. The van der Waals surface area contributed by atoms with E-state index in [4.69, 9.17) is 0 Å². The first-order chi connectivity index (χ1) is 6.99. The van der Waals surface area contributed by atoms with Crippen molar-refractivity contribution in [2.45, 2.75) is 64.0 Å². The summed E-state index contributed by atoms with van der Waals surface area (Å²) in [5, 5.41) is 0. The molecule has 2 heteroatoms. The van der Waals surface area contributed by atoms with Crippen molar-refractivity contribution >= 4 is 17.5 Å². The monoisotopic (exact) mass is 228 g/mol. The molecule has 1 rings (SSSR count). The Bertz CT molecular complexity index is 197. The fraction of sp³-hybridized carbons (Fsp3) is 0.923. The van der Waals surface area contributed by atoms with Crippen molar-refractivity contribution in [1.82, 2.24) is 0 Å². The van der Waals surface area contributed by atoms with Crippen LogP contribution < -0.4 is 0 Å². The maximum Gasteiger partial charge on any atom is 0.145 e. The highest BCUT2D eigenvalue weighted by atomic mass is 32.2. The lowest BCUT2D eigenvalue weighted by atomic mass is 9.96. The lowest BCUT2D eigenvalue weighted by Gasteiger charge is -2.19. The fourth-order valence-corrected chi connectivity index (χ4v) is 2.82. The zero-order valence-corrected chi connectivity index (χ0v) is 11.2. The van der Waals surface area contributed by atoms with Crippen LogP contribution in [0, 0.1) is 5.92 Å². The number of thioether (sulfide) groups is 1. The summed E-state index contributed by atoms with van der Waals surface area (Å²) in [4.78, 5) is 12.0. The van der Waals surface area contributed by atoms with E-state index in [2.05, 4.69) is 20.8 Å². The van der Waals surface area contributed by atoms with Crippen LogP contribution in [-0.4, -0.2) is 16.3 Å². The van der Waals surface area contributed by atoms with Crippen molar-refractivity contribution in [1.29, 1.82) is 0 Å². The minimum atomic E-state index is 0.223. The van der Waals surface area contributed by atoms with Gasteiger partial charge in [0, 0.05) is 10.7 Å². The summed E-state index contributed by atoms with van der Waals surface area (Å²) in [6.07, 6.45) is 7.46. The van der Waals surface area contributed by atoms with E-state index in [1.54, 1.807) is 11.8 Å². The minimum Gasteiger partial charge on any atom is -0.298 e. The first-order valence-electron chi connectivity index (χ1n) is 6.16. The van der Waals surface area contributed by atoms with Crippen LogP contribution in [0.4, 0.5) is 0 Å². The van der Waals surface area contributed by atoms with Gasteiger partial charge in [0.2, 0.25) is 0 Å². The van der Waals surface area contributed by atoms with E-state index in [1.807, 2.05) is 0 Å². The van der Waals surface area contributed by atoms with Gasteiger partial charge in [-0.1, -0.05) is 46.5 Å². The van der Waals surface area contributed by atoms with Crippen molar-refractivity contribution in [2.75, 3.05) is 5.75 Å². The molecule has 0 N–H and O–H groups in total. The van der Waals surface area contributed by atoms with Gasteiger partial charge >= 0.3 is 0 Å². The van der Waals surface area contributed by atoms with E-state index < -0.39 is 0 Å². The molecule has 0 aliphatic heterocycles. The quantitative estimate of drug-likeness (QED) is 0.678. The highest BCUT2D eigenvalue weighted by Gasteiger charge is 2.21. The lowest BCUT2D eigenvalue weighted by Crippen LogP contribution is -2.19. The first kappa shape index (κ1) is 13.1. The third kappa shape index (κ3) is 5.60. The molecule has 0 aromatic carbocycles. The molecule has 0 saturated heterocycles. The summed E-state index contributed by atoms with van der Waals surface area (Å²) in [6.45, 7) is 6.54. The van der Waals surface area contributed by atoms with Crippen molar-refractivity contribution < 1.29 is 4.79 Å². The predicted octanol–water partition coefficient (Wildman–Crippen LogP) is 4.06. The molecular formula is C13H24OS. The van der Waals surface area contributed by atoms with Crippen LogP contribution in [0.3, 0.4) is 0 Å². The first-order valence-corrected chi connectivity index (χ1v) is 7.14. The summed E-state index contributed by atoms with van der Waals surface area (Å²) in [5.74, 6) is 1.59. The van der Waals surface area contributed by atoms with Gasteiger partial charge in [0.1, 0.15) is 5.78 Å². The van der Waals surface area contributed by atoms with E-state index in [-0.39, 0.29) is 4.75 Å². The Balaban J connectivity index is 2.32. The van der Waals surface area contributed by atoms with E-state index >= 15 is 0 Å². The molecule has 1 fully saturated rings. The standard InChI is InChI=1S/C13H24OS/c1-13(2,3)15-10-12(14)11-8-6-4-5-7-9-11/h11H,4-10H2,1-3H3. The second-order valence-corrected chi connectivity index (χ2v) is 7.36. The number of ketones is 1. The van der Waals surface area contributed by atoms with E-state index in [9.17, 15) is 4.79 Å². The summed E-state index contributed by atoms with van der Waals surface area (Å²) in [6, 6.07) is 0. The van der Waals surface area contributed by atoms with Crippen molar-refractivity contribution in [3.05, 3.63) is 0 Å². The Morgan fingerprint density at radius 2 is 1.67 bits per heavy atom. The molecule has 1 aliphatic rings. The highest BCUT2D eigenvalue weighted by molar-refractivity contribution is 8.01. The number of carbonyl (C=O) groups is 1. The number of hydrogen-bond donors (Lipinski definition) is 0. The van der Waals surface area contributed by atoms with Gasteiger partial charge in [0.25, 0.3) is 0 Å². The normalized spacial score (nSPS) is 19.9. The van der Waals surface area contributed by atoms with E-state index in [1.165, 1.54) is 25.7 Å². The van der Waals surface area contributed by atoms with Gasteiger partial charge in [-0.15, -0.1) is 11.8 Å². The molecule has 0 atom stereocenters. The zero-order chi connectivity index (χ0) is 11.3. The second kappa shape index (κ2) is 5.93. The average molecular weight is 228 g/mol. The maximum atomic E-state index is 12.0. The maximum absolute atomic E-state index is 12.0. The summed E-state index contributed by atoms with van der Waals surface area (Å²) >= 11 is 1.79. The third-order valence-corrected chi connectivity index (χ3v) is 4.25. The molecule has 0 aromatic rings. The molecule has 0 radical (unpaired) electrons. The molecule has 15 heavy (non-hydrogen) atoms. The fourth-order valence-electron chi connectivity index (χ4n) is 2.01. The minimum absolute atomic E-state index is 0.223. The number of hydrogen-bond acceptors (Lipinski definition) is 2. The zero-order valence-electron chi connectivity index (χ0n) is 10.3. The van der Waals surface area contributed by atoms with Crippen molar-refractivity contribution in [3.8, 4) is 0 Å². The Labute approximate surface area is 98.4 Å². The van der Waals surface area contributed by atoms with E-state index in [0.717, 1.165) is 12.8 Å². The van der Waals surface area contributed by atoms with Gasteiger partial charge in [0.15, 0.2) is 0 Å². The summed E-state index contributed by atoms with van der Waals surface area (Å²) < 4.78 is 0.223. The number of carbonyl (C=O) groups excluding carboxylic acids is 1. The Kier molecular flexibility index (Phi) is 5.17. The van der Waals surface area contributed by atoms with Gasteiger partial charge in [-0.2, -0.15) is 0 Å². The largest absolute Gasteiger partial charge is 0.298 e. The SMILES string of the molecule is CC(C)(C)SCC(=O)C1CCCCCC1. The molecule has 0 bridgehead atoms. The Morgan fingerprint density at radius 1 is 1.13 bits per heavy atom. The van der Waals surface area contributed by atoms with Gasteiger partial charge in [0.05, 0.1) is 5.75 Å². The predicted molar refractivity (Wildman–Crippen MR) is 68.4 cm³/mol. The van der Waals surface area contributed by atoms with Crippen molar-refractivity contribution in [2.24, 2.45) is 5.92 Å². The molecule has 0 aromatic heterocycles. The van der Waals surface area contributed by atoms with Crippen LogP contribution in [-0.2, 0) is 4.79 Å². The number of Topliss-reactive ketones (excluding diaryl/α,β-unsaturated/α-hetero) is 1. The second-order valence-electron chi connectivity index (χ2n) is 5.56. The summed E-state index contributed by atoms with van der Waals surface area (Å²) in [7, 11) is 0. The van der Waals surface area contributed by atoms with E-state index in [0.29, 0.717) is 17.5 Å². The third-order valence-electron chi connectivity index (χ3n) is 2.96. The van der Waals surface area contributed by atoms with Crippen LogP contribution in [0.5, 0.6) is 0 Å². The Hall–Kier alpha value is 0.0200. The van der Waals surface area contributed by atoms with Crippen LogP contribution >= 0.6 is 11.8 Å². The molecule has 0 unspecified atom stereocenters. The molecule has 1 aliphatic carbocycles. The lowest BCUT2D eigenvalue weighted by molar-refractivity contribution is -0.120. The van der Waals surface area contributed by atoms with Gasteiger partial charge < -0.3 is 0 Å². The van der Waals surface area contributed by atoms with Gasteiger partial charge in [-0.25, -0.2) is 0 Å². The topological polar surface area (TPSA) is 17.1 Å². The average Bonchev–Trinajstić information content (AvgIpc) is 2.41. The molecule has 0 amide bonds. The highest BCUT2D eigenvalue weighted by Crippen LogP contribution is 2.28. The van der Waals surface area contributed by atoms with Crippen LogP contribution in [0.15, 0.2) is 0 Å². The molecular weight excluding hydrogens is 204 g/mol. The smallest absolute Gasteiger partial charge is 0.145 e. The van der Waals surface area contributed by atoms with Crippen molar-refractivity contribution in [3.63, 3.8) is 0 Å². The van der Waals surface area contributed by atoms with Crippen LogP contribution in [0.2, 0.25) is 0 Å². The van der Waals surface area contributed by atoms with Crippen LogP contribution in [0.1, 0.15) is 59.3 Å². The molecule has 0 heterocycles. The Morgan fingerprint density at radius 3 is 2.13 bits per heavy atom.